The molecule has 0 aliphatic heterocycles. The standard InChI is InChI=1S/C34H45N5O3Si/c1-34(2,3)43(5,6)42-32(39-23-29(33(35)40)36-24-39)14-9-18-38-19-17-25-15-16-28(22-31(25)38)41-20-10-12-27-21-26-11-7-8-13-30(26)37(27)4/h7-8,11,13,15-17,19,21-24,32H,9-10,12,14,18,20H2,1-6H3,(H2,35,40). The molecule has 8 nitrogen and oxygen atoms in total. The number of nitrogens with zero attached hydrogens (tertiary/aromatic N) is 4. The number of imidazole rings is 1. The number of rotatable bonds is 13. The van der Waals surface area contributed by atoms with Gasteiger partial charge in [0.05, 0.1) is 18.5 Å². The first-order valence-corrected chi connectivity index (χ1v) is 18.1. The number of para-hydroxylation sites is 1. The van der Waals surface area contributed by atoms with Crippen LogP contribution in [0.4, 0.5) is 0 Å². The van der Waals surface area contributed by atoms with Crippen molar-refractivity contribution in [1.82, 2.24) is 18.7 Å². The van der Waals surface area contributed by atoms with Crippen LogP contribution in [0.25, 0.3) is 21.8 Å². The van der Waals surface area contributed by atoms with Gasteiger partial charge in [-0.25, -0.2) is 4.98 Å². The number of carbonyl (C=O) groups is 1. The molecule has 43 heavy (non-hydrogen) atoms. The van der Waals surface area contributed by atoms with E-state index in [4.69, 9.17) is 14.9 Å². The van der Waals surface area contributed by atoms with Crippen molar-refractivity contribution < 1.29 is 14.0 Å². The maximum Gasteiger partial charge on any atom is 0.268 e. The van der Waals surface area contributed by atoms with E-state index in [2.05, 4.69) is 116 Å². The van der Waals surface area contributed by atoms with Gasteiger partial charge < -0.3 is 28.6 Å². The average Bonchev–Trinajstić information content (AvgIpc) is 3.68. The maximum atomic E-state index is 11.7. The summed E-state index contributed by atoms with van der Waals surface area (Å²) in [4.78, 5) is 15.9. The fourth-order valence-corrected chi connectivity index (χ4v) is 6.59. The van der Waals surface area contributed by atoms with Crippen LogP contribution >= 0.6 is 0 Å². The van der Waals surface area contributed by atoms with Gasteiger partial charge in [0.15, 0.2) is 8.32 Å². The Hall–Kier alpha value is -3.82. The molecule has 0 saturated carbocycles. The summed E-state index contributed by atoms with van der Waals surface area (Å²) in [6.07, 6.45) is 8.88. The molecule has 0 saturated heterocycles. The first-order valence-electron chi connectivity index (χ1n) is 15.2. The van der Waals surface area contributed by atoms with Crippen molar-refractivity contribution in [1.29, 1.82) is 0 Å². The highest BCUT2D eigenvalue weighted by Crippen LogP contribution is 2.39. The van der Waals surface area contributed by atoms with Crippen LogP contribution in [0.15, 0.2) is 73.3 Å². The van der Waals surface area contributed by atoms with Gasteiger partial charge in [0.25, 0.3) is 5.91 Å². The second-order valence-corrected chi connectivity index (χ2v) is 17.7. The molecule has 228 valence electrons. The molecule has 9 heteroatoms. The minimum Gasteiger partial charge on any atom is -0.494 e. The Bertz CT molecular complexity index is 1710. The van der Waals surface area contributed by atoms with Gasteiger partial charge in [-0.2, -0.15) is 0 Å². The summed E-state index contributed by atoms with van der Waals surface area (Å²) < 4.78 is 19.5. The van der Waals surface area contributed by atoms with Crippen LogP contribution in [0.1, 0.15) is 62.4 Å². The van der Waals surface area contributed by atoms with Gasteiger partial charge in [-0.15, -0.1) is 0 Å². The van der Waals surface area contributed by atoms with Crippen LogP contribution in [-0.4, -0.2) is 39.5 Å². The van der Waals surface area contributed by atoms with Gasteiger partial charge >= 0.3 is 0 Å². The van der Waals surface area contributed by atoms with Crippen molar-refractivity contribution in [3.05, 3.63) is 84.7 Å². The molecule has 0 aliphatic rings. The first-order chi connectivity index (χ1) is 20.4. The zero-order chi connectivity index (χ0) is 30.8. The predicted molar refractivity (Wildman–Crippen MR) is 176 cm³/mol. The Balaban J connectivity index is 1.21. The molecule has 1 atom stereocenters. The summed E-state index contributed by atoms with van der Waals surface area (Å²) in [5.74, 6) is 0.358. The quantitative estimate of drug-likeness (QED) is 0.113. The van der Waals surface area contributed by atoms with Gasteiger partial charge in [-0.1, -0.05) is 39.0 Å². The third-order valence-corrected chi connectivity index (χ3v) is 13.4. The Morgan fingerprint density at radius 3 is 2.53 bits per heavy atom. The molecule has 0 radical (unpaired) electrons. The Morgan fingerprint density at radius 1 is 1.02 bits per heavy atom. The lowest BCUT2D eigenvalue weighted by molar-refractivity contribution is 0.0984. The molecule has 5 aromatic rings. The molecule has 0 bridgehead atoms. The second-order valence-electron chi connectivity index (χ2n) is 13.0. The lowest BCUT2D eigenvalue weighted by Gasteiger charge is -2.39. The van der Waals surface area contributed by atoms with Crippen molar-refractivity contribution in [3.63, 3.8) is 0 Å². The largest absolute Gasteiger partial charge is 0.494 e. The number of benzene rings is 2. The number of aromatic nitrogens is 4. The van der Waals surface area contributed by atoms with Crippen LogP contribution in [-0.2, 0) is 24.4 Å². The van der Waals surface area contributed by atoms with Gasteiger partial charge in [-0.05, 0) is 84.9 Å². The van der Waals surface area contributed by atoms with E-state index < -0.39 is 14.2 Å². The number of aryl methyl sites for hydroxylation is 3. The van der Waals surface area contributed by atoms with Crippen LogP contribution < -0.4 is 10.5 Å². The lowest BCUT2D eigenvalue weighted by Crippen LogP contribution is -2.42. The van der Waals surface area contributed by atoms with E-state index in [9.17, 15) is 4.79 Å². The Morgan fingerprint density at radius 2 is 1.81 bits per heavy atom. The summed E-state index contributed by atoms with van der Waals surface area (Å²) in [5, 5.41) is 2.53. The van der Waals surface area contributed by atoms with Crippen LogP contribution in [0, 0.1) is 0 Å². The van der Waals surface area contributed by atoms with Crippen LogP contribution in [0.5, 0.6) is 5.75 Å². The van der Waals surface area contributed by atoms with Gasteiger partial charge in [0.1, 0.15) is 17.7 Å². The molecule has 0 fully saturated rings. The highest BCUT2D eigenvalue weighted by molar-refractivity contribution is 6.74. The minimum absolute atomic E-state index is 0.0559. The van der Waals surface area contributed by atoms with Crippen molar-refractivity contribution in [2.45, 2.75) is 77.4 Å². The van der Waals surface area contributed by atoms with E-state index in [1.807, 2.05) is 4.57 Å². The van der Waals surface area contributed by atoms with Crippen molar-refractivity contribution in [2.24, 2.45) is 12.8 Å². The minimum atomic E-state index is -2.08. The van der Waals surface area contributed by atoms with E-state index >= 15 is 0 Å². The topological polar surface area (TPSA) is 89.2 Å². The van der Waals surface area contributed by atoms with E-state index in [-0.39, 0.29) is 17.0 Å². The Labute approximate surface area is 255 Å². The third-order valence-electron chi connectivity index (χ3n) is 8.92. The molecular formula is C34H45N5O3Si. The van der Waals surface area contributed by atoms with E-state index in [0.717, 1.165) is 43.5 Å². The molecule has 1 unspecified atom stereocenters. The molecule has 5 rings (SSSR count). The zero-order valence-corrected chi connectivity index (χ0v) is 27.3. The van der Waals surface area contributed by atoms with Crippen molar-refractivity contribution in [3.8, 4) is 5.75 Å². The number of hydrogen-bond acceptors (Lipinski definition) is 4. The fourth-order valence-electron chi connectivity index (χ4n) is 5.32. The molecule has 0 aliphatic carbocycles. The number of carbonyl (C=O) groups excluding carboxylic acids is 1. The van der Waals surface area contributed by atoms with E-state index in [1.54, 1.807) is 12.5 Å². The molecule has 3 heterocycles. The monoisotopic (exact) mass is 599 g/mol. The van der Waals surface area contributed by atoms with Gasteiger partial charge in [0, 0.05) is 43.3 Å². The Kier molecular flexibility index (Phi) is 8.85. The maximum absolute atomic E-state index is 11.7. The number of hydrogen-bond donors (Lipinski definition) is 1. The third kappa shape index (κ3) is 6.89. The van der Waals surface area contributed by atoms with Gasteiger partial charge in [0.2, 0.25) is 0 Å². The molecule has 2 N–H and O–H groups in total. The lowest BCUT2D eigenvalue weighted by atomic mass is 10.2. The summed E-state index contributed by atoms with van der Waals surface area (Å²) in [6, 6.07) is 19.3. The second kappa shape index (κ2) is 12.4. The fraction of sp³-hybridized carbons (Fsp3) is 0.412. The number of amides is 1. The summed E-state index contributed by atoms with van der Waals surface area (Å²) in [5.41, 5.74) is 9.48. The smallest absolute Gasteiger partial charge is 0.268 e. The number of nitrogens with two attached hydrogens (primary N) is 1. The van der Waals surface area contributed by atoms with Gasteiger partial charge in [-0.3, -0.25) is 4.79 Å². The number of fused-ring (bicyclic) bond motifs is 2. The van der Waals surface area contributed by atoms with E-state index in [0.29, 0.717) is 6.61 Å². The van der Waals surface area contributed by atoms with Crippen LogP contribution in [0.2, 0.25) is 18.1 Å². The molecule has 3 aromatic heterocycles. The summed E-state index contributed by atoms with van der Waals surface area (Å²) in [7, 11) is 0.0594. The average molecular weight is 600 g/mol. The highest BCUT2D eigenvalue weighted by atomic mass is 28.4. The number of primary amides is 1. The first kappa shape index (κ1) is 30.6. The highest BCUT2D eigenvalue weighted by Gasteiger charge is 2.39. The SMILES string of the molecule is Cn1c(CCCOc2ccc3ccn(CCCC(O[Si](C)(C)C(C)(C)C)n4cnc(C(N)=O)c4)c3c2)cc2ccccc21. The summed E-state index contributed by atoms with van der Waals surface area (Å²) >= 11 is 0. The number of ether oxygens (including phenoxy) is 1. The van der Waals surface area contributed by atoms with Crippen LogP contribution in [0.3, 0.4) is 0 Å². The molecule has 1 amide bonds. The molecular weight excluding hydrogens is 554 g/mol. The molecule has 0 spiro atoms. The zero-order valence-electron chi connectivity index (χ0n) is 26.3. The van der Waals surface area contributed by atoms with Crippen molar-refractivity contribution >= 4 is 36.0 Å². The summed E-state index contributed by atoms with van der Waals surface area (Å²) in [6.45, 7) is 12.7. The van der Waals surface area contributed by atoms with Crippen molar-refractivity contribution in [2.75, 3.05) is 6.61 Å². The van der Waals surface area contributed by atoms with E-state index in [1.165, 1.54) is 22.0 Å². The normalized spacial score (nSPS) is 13.2. The predicted octanol–water partition coefficient (Wildman–Crippen LogP) is 7.44. The molecule has 2 aromatic carbocycles.